The third-order valence-corrected chi connectivity index (χ3v) is 6.25. The molecule has 32 heavy (non-hydrogen) atoms. The Balaban J connectivity index is 1.55. The minimum atomic E-state index is -1.82. The van der Waals surface area contributed by atoms with Gasteiger partial charge < -0.3 is 10.6 Å². The van der Waals surface area contributed by atoms with Crippen LogP contribution >= 0.6 is 11.3 Å². The minimum Gasteiger partial charge on any atom is -0.343 e. The molecule has 0 radical (unpaired) electrons. The lowest BCUT2D eigenvalue weighted by Crippen LogP contribution is -2.44. The molecule has 4 rings (SSSR count). The van der Waals surface area contributed by atoms with Crippen molar-refractivity contribution in [2.24, 2.45) is 0 Å². The van der Waals surface area contributed by atoms with E-state index >= 15 is 0 Å². The lowest BCUT2D eigenvalue weighted by molar-refractivity contribution is -0.135. The van der Waals surface area contributed by atoms with Crippen LogP contribution in [0.25, 0.3) is 0 Å². The summed E-state index contributed by atoms with van der Waals surface area (Å²) >= 11 is 1.46. The van der Waals surface area contributed by atoms with Gasteiger partial charge in [-0.25, -0.2) is 13.6 Å². The molecule has 164 valence electrons. The van der Waals surface area contributed by atoms with Crippen LogP contribution in [0.2, 0.25) is 0 Å². The molecule has 2 N–H and O–H groups in total. The van der Waals surface area contributed by atoms with E-state index < -0.39 is 47.6 Å². The normalized spacial score (nSPS) is 19.0. The van der Waals surface area contributed by atoms with Crippen LogP contribution in [0, 0.1) is 11.6 Å². The monoisotopic (exact) mass is 455 g/mol. The summed E-state index contributed by atoms with van der Waals surface area (Å²) in [5, 5.41) is 7.12. The van der Waals surface area contributed by atoms with Crippen molar-refractivity contribution in [3.8, 4) is 0 Å². The number of halogens is 2. The zero-order valence-electron chi connectivity index (χ0n) is 17.0. The largest absolute Gasteiger partial charge is 0.343 e. The number of hydrogen-bond acceptors (Lipinski definition) is 4. The predicted molar refractivity (Wildman–Crippen MR) is 115 cm³/mol. The average Bonchev–Trinajstić information content (AvgIpc) is 3.38. The van der Waals surface area contributed by atoms with E-state index in [4.69, 9.17) is 0 Å². The van der Waals surface area contributed by atoms with Crippen molar-refractivity contribution < 1.29 is 23.2 Å². The van der Waals surface area contributed by atoms with Gasteiger partial charge in [-0.1, -0.05) is 36.4 Å². The maximum Gasteiger partial charge on any atom is 0.325 e. The van der Waals surface area contributed by atoms with Crippen LogP contribution in [-0.4, -0.2) is 29.3 Å². The molecule has 1 aliphatic heterocycles. The van der Waals surface area contributed by atoms with E-state index in [9.17, 15) is 23.2 Å². The summed E-state index contributed by atoms with van der Waals surface area (Å²) in [6.45, 7) is 0.716. The lowest BCUT2D eigenvalue weighted by Gasteiger charge is -2.23. The molecule has 0 bridgehead atoms. The molecule has 2 atom stereocenters. The summed E-state index contributed by atoms with van der Waals surface area (Å²) in [7, 11) is 0. The molecule has 9 heteroatoms. The van der Waals surface area contributed by atoms with E-state index in [1.165, 1.54) is 18.3 Å². The van der Waals surface area contributed by atoms with Crippen LogP contribution in [0.15, 0.2) is 66.0 Å². The van der Waals surface area contributed by atoms with E-state index in [1.54, 1.807) is 0 Å². The molecule has 3 aromatic rings. The number of nitrogens with zero attached hydrogens (tertiary/aromatic N) is 1. The minimum absolute atomic E-state index is 0.306. The summed E-state index contributed by atoms with van der Waals surface area (Å²) < 4.78 is 28.0. The Morgan fingerprint density at radius 3 is 2.56 bits per heavy atom. The quantitative estimate of drug-likeness (QED) is 0.557. The van der Waals surface area contributed by atoms with Gasteiger partial charge in [0, 0.05) is 10.4 Å². The van der Waals surface area contributed by atoms with Crippen molar-refractivity contribution in [1.82, 2.24) is 15.5 Å². The van der Waals surface area contributed by atoms with Gasteiger partial charge >= 0.3 is 6.03 Å². The van der Waals surface area contributed by atoms with Gasteiger partial charge in [-0.15, -0.1) is 11.3 Å². The number of benzene rings is 2. The first kappa shape index (κ1) is 21.6. The summed E-state index contributed by atoms with van der Waals surface area (Å²) in [5.41, 5.74) is -1.29. The van der Waals surface area contributed by atoms with Crippen LogP contribution in [0.3, 0.4) is 0 Å². The van der Waals surface area contributed by atoms with Gasteiger partial charge in [0.2, 0.25) is 5.91 Å². The Bertz CT molecular complexity index is 1170. The van der Waals surface area contributed by atoms with Crippen LogP contribution in [0.4, 0.5) is 13.6 Å². The molecule has 0 spiro atoms. The number of carbonyl (C=O) groups is 3. The summed E-state index contributed by atoms with van der Waals surface area (Å²) in [6, 6.07) is 14.4. The Morgan fingerprint density at radius 1 is 1.12 bits per heavy atom. The van der Waals surface area contributed by atoms with Crippen molar-refractivity contribution in [1.29, 1.82) is 0 Å². The third kappa shape index (κ3) is 3.99. The van der Waals surface area contributed by atoms with Crippen molar-refractivity contribution in [2.75, 3.05) is 6.54 Å². The number of thiophene rings is 1. The zero-order valence-corrected chi connectivity index (χ0v) is 17.8. The number of nitrogens with one attached hydrogen (secondary N) is 2. The van der Waals surface area contributed by atoms with Gasteiger partial charge in [0.25, 0.3) is 5.91 Å². The van der Waals surface area contributed by atoms with Gasteiger partial charge in [0.15, 0.2) is 0 Å². The highest BCUT2D eigenvalue weighted by atomic mass is 32.1. The predicted octanol–water partition coefficient (Wildman–Crippen LogP) is 3.70. The maximum atomic E-state index is 14.3. The second-order valence-electron chi connectivity index (χ2n) is 7.50. The molecule has 1 saturated heterocycles. The van der Waals surface area contributed by atoms with E-state index in [0.29, 0.717) is 4.90 Å². The van der Waals surface area contributed by atoms with Gasteiger partial charge in [-0.05, 0) is 42.1 Å². The van der Waals surface area contributed by atoms with Crippen LogP contribution in [0.1, 0.15) is 29.0 Å². The topological polar surface area (TPSA) is 78.5 Å². The van der Waals surface area contributed by atoms with Crippen molar-refractivity contribution >= 4 is 29.2 Å². The van der Waals surface area contributed by atoms with Crippen LogP contribution < -0.4 is 10.6 Å². The molecule has 1 fully saturated rings. The summed E-state index contributed by atoms with van der Waals surface area (Å²) in [5.74, 6) is -2.99. The molecular formula is C23H19F2N3O3S. The Kier molecular flexibility index (Phi) is 5.75. The Morgan fingerprint density at radius 2 is 1.88 bits per heavy atom. The standard InChI is InChI=1S/C23H19F2N3O3S/c1-23(16-12-15(24)9-10-17(16)25)21(30)28(22(31)27-23)13-19(29)26-20(18-8-5-11-32-18)14-6-3-2-4-7-14/h2-12,20H,13H2,1H3,(H,26,29)(H,27,31)/t20-,23-/m1/s1. The van der Waals surface area contributed by atoms with Gasteiger partial charge in [-0.3, -0.25) is 14.5 Å². The van der Waals surface area contributed by atoms with Gasteiger partial charge in [0.05, 0.1) is 6.04 Å². The number of rotatable bonds is 6. The summed E-state index contributed by atoms with van der Waals surface area (Å²) in [4.78, 5) is 39.9. The molecule has 0 aliphatic carbocycles. The fourth-order valence-corrected chi connectivity index (χ4v) is 4.48. The number of carbonyl (C=O) groups excluding carboxylic acids is 3. The first-order chi connectivity index (χ1) is 15.3. The highest BCUT2D eigenvalue weighted by molar-refractivity contribution is 7.10. The first-order valence-electron chi connectivity index (χ1n) is 9.77. The molecule has 2 aromatic carbocycles. The molecule has 1 aromatic heterocycles. The second-order valence-corrected chi connectivity index (χ2v) is 8.48. The van der Waals surface area contributed by atoms with E-state index in [0.717, 1.165) is 28.6 Å². The maximum absolute atomic E-state index is 14.3. The van der Waals surface area contributed by atoms with Gasteiger partial charge in [0.1, 0.15) is 23.7 Å². The zero-order chi connectivity index (χ0) is 22.9. The Hall–Kier alpha value is -3.59. The number of hydrogen-bond donors (Lipinski definition) is 2. The van der Waals surface area contributed by atoms with E-state index in [2.05, 4.69) is 10.6 Å². The highest BCUT2D eigenvalue weighted by Crippen LogP contribution is 2.31. The fraction of sp³-hybridized carbons (Fsp3) is 0.174. The van der Waals surface area contributed by atoms with E-state index in [-0.39, 0.29) is 5.56 Å². The molecule has 6 nitrogen and oxygen atoms in total. The Labute approximate surface area is 186 Å². The average molecular weight is 455 g/mol. The van der Waals surface area contributed by atoms with Gasteiger partial charge in [-0.2, -0.15) is 0 Å². The number of urea groups is 1. The lowest BCUT2D eigenvalue weighted by atomic mass is 9.91. The molecule has 1 aliphatic rings. The molecular weight excluding hydrogens is 436 g/mol. The first-order valence-corrected chi connectivity index (χ1v) is 10.6. The van der Waals surface area contributed by atoms with Crippen molar-refractivity contribution in [3.05, 3.63) is 93.7 Å². The van der Waals surface area contributed by atoms with Crippen LogP contribution in [-0.2, 0) is 15.1 Å². The van der Waals surface area contributed by atoms with Crippen molar-refractivity contribution in [2.45, 2.75) is 18.5 Å². The molecule has 2 heterocycles. The fourth-order valence-electron chi connectivity index (χ4n) is 3.67. The second kappa shape index (κ2) is 8.51. The third-order valence-electron chi connectivity index (χ3n) is 5.31. The molecule has 4 amide bonds. The molecule has 0 saturated carbocycles. The highest BCUT2D eigenvalue weighted by Gasteiger charge is 2.51. The van der Waals surface area contributed by atoms with Crippen molar-refractivity contribution in [3.63, 3.8) is 0 Å². The summed E-state index contributed by atoms with van der Waals surface area (Å²) in [6.07, 6.45) is 0. The smallest absolute Gasteiger partial charge is 0.325 e. The molecule has 0 unspecified atom stereocenters. The van der Waals surface area contributed by atoms with E-state index in [1.807, 2.05) is 47.8 Å². The SMILES string of the molecule is C[C@]1(c2cc(F)ccc2F)NC(=O)N(CC(=O)N[C@H](c2ccccc2)c2cccs2)C1=O. The number of amides is 4. The number of imide groups is 1. The van der Waals surface area contributed by atoms with Crippen LogP contribution in [0.5, 0.6) is 0 Å².